The highest BCUT2D eigenvalue weighted by Crippen LogP contribution is 2.16. The maximum atomic E-state index is 10.8. The van der Waals surface area contributed by atoms with Crippen LogP contribution in [0.25, 0.3) is 0 Å². The van der Waals surface area contributed by atoms with Gasteiger partial charge in [-0.2, -0.15) is 0 Å². The van der Waals surface area contributed by atoms with Crippen molar-refractivity contribution in [3.8, 4) is 0 Å². The second kappa shape index (κ2) is 4.08. The van der Waals surface area contributed by atoms with Crippen molar-refractivity contribution in [2.75, 3.05) is 5.32 Å². The number of anilines is 1. The minimum absolute atomic E-state index is 0.154. The average Bonchev–Trinajstić information content (AvgIpc) is 2.09. The molecule has 0 saturated heterocycles. The Morgan fingerprint density at radius 2 is 2.00 bits per heavy atom. The molecule has 0 atom stereocenters. The summed E-state index contributed by atoms with van der Waals surface area (Å²) in [5.74, 6) is -0.837. The first-order valence-electron chi connectivity index (χ1n) is 4.41. The Bertz CT molecular complexity index is 427. The van der Waals surface area contributed by atoms with Crippen LogP contribution >= 0.6 is 0 Å². The van der Waals surface area contributed by atoms with Crippen LogP contribution in [-0.4, -0.2) is 22.0 Å². The zero-order valence-corrected chi connectivity index (χ0v) is 8.79. The van der Waals surface area contributed by atoms with Crippen molar-refractivity contribution in [3.63, 3.8) is 0 Å². The van der Waals surface area contributed by atoms with E-state index >= 15 is 0 Å². The fourth-order valence-corrected chi connectivity index (χ4v) is 1.22. The minimum atomic E-state index is -1.02. The van der Waals surface area contributed by atoms with Crippen molar-refractivity contribution in [1.29, 1.82) is 0 Å². The Labute approximate surface area is 87.1 Å². The largest absolute Gasteiger partial charge is 0.478 e. The summed E-state index contributed by atoms with van der Waals surface area (Å²) in [6.45, 7) is 4.67. The number of carboxylic acid groups (broad SMARTS) is 1. The minimum Gasteiger partial charge on any atom is -0.478 e. The number of nitrogens with one attached hydrogen (secondary N) is 1. The second-order valence-corrected chi connectivity index (χ2v) is 3.27. The number of hydrogen-bond acceptors (Lipinski definition) is 3. The van der Waals surface area contributed by atoms with Crippen LogP contribution in [0.4, 0.5) is 5.82 Å². The normalized spacial score (nSPS) is 9.80. The molecule has 0 fully saturated rings. The fraction of sp³-hybridized carbons (Fsp3) is 0.300. The Morgan fingerprint density at radius 3 is 2.47 bits per heavy atom. The van der Waals surface area contributed by atoms with Gasteiger partial charge in [-0.1, -0.05) is 0 Å². The van der Waals surface area contributed by atoms with Gasteiger partial charge in [-0.25, -0.2) is 9.78 Å². The van der Waals surface area contributed by atoms with E-state index in [-0.39, 0.29) is 11.5 Å². The van der Waals surface area contributed by atoms with E-state index in [0.29, 0.717) is 17.1 Å². The first-order chi connectivity index (χ1) is 6.91. The number of hydrogen-bond donors (Lipinski definition) is 2. The Morgan fingerprint density at radius 1 is 1.40 bits per heavy atom. The summed E-state index contributed by atoms with van der Waals surface area (Å²) in [5.41, 5.74) is 1.17. The van der Waals surface area contributed by atoms with Gasteiger partial charge in [0.1, 0.15) is 5.82 Å². The molecule has 1 rings (SSSR count). The van der Waals surface area contributed by atoms with E-state index in [1.165, 1.54) is 13.0 Å². The standard InChI is InChI=1S/C10H12N2O3/c1-5-4-8(10(14)15)6(2)11-9(5)12-7(3)13/h4H,1-3H3,(H,14,15)(H,11,12,13). The number of amides is 1. The summed E-state index contributed by atoms with van der Waals surface area (Å²) in [6, 6.07) is 1.50. The average molecular weight is 208 g/mol. The van der Waals surface area contributed by atoms with Crippen molar-refractivity contribution in [2.45, 2.75) is 20.8 Å². The van der Waals surface area contributed by atoms with Crippen LogP contribution in [0.1, 0.15) is 28.5 Å². The molecular weight excluding hydrogens is 196 g/mol. The molecule has 0 aliphatic carbocycles. The zero-order valence-electron chi connectivity index (χ0n) is 8.79. The summed E-state index contributed by atoms with van der Waals surface area (Å²) in [6.07, 6.45) is 0. The Kier molecular flexibility index (Phi) is 3.04. The molecule has 2 N–H and O–H groups in total. The molecule has 0 radical (unpaired) electrons. The SMILES string of the molecule is CC(=O)Nc1nc(C)c(C(=O)O)cc1C. The molecule has 1 heterocycles. The maximum Gasteiger partial charge on any atom is 0.337 e. The maximum absolute atomic E-state index is 10.8. The monoisotopic (exact) mass is 208 g/mol. The van der Waals surface area contributed by atoms with Crippen LogP contribution in [0.5, 0.6) is 0 Å². The summed E-state index contributed by atoms with van der Waals surface area (Å²) < 4.78 is 0. The molecule has 80 valence electrons. The number of aromatic nitrogens is 1. The first kappa shape index (κ1) is 11.2. The lowest BCUT2D eigenvalue weighted by Crippen LogP contribution is -2.11. The zero-order chi connectivity index (χ0) is 11.6. The van der Waals surface area contributed by atoms with Crippen molar-refractivity contribution >= 4 is 17.7 Å². The molecule has 0 bridgehead atoms. The topological polar surface area (TPSA) is 79.3 Å². The number of aromatic carboxylic acids is 1. The molecule has 0 spiro atoms. The molecule has 0 aromatic carbocycles. The lowest BCUT2D eigenvalue weighted by molar-refractivity contribution is -0.114. The molecule has 0 aliphatic heterocycles. The van der Waals surface area contributed by atoms with Crippen LogP contribution in [0.2, 0.25) is 0 Å². The summed E-state index contributed by atoms with van der Waals surface area (Å²) in [5, 5.41) is 11.4. The Balaban J connectivity index is 3.19. The highest BCUT2D eigenvalue weighted by molar-refractivity contribution is 5.91. The van der Waals surface area contributed by atoms with Gasteiger partial charge in [-0.3, -0.25) is 4.79 Å². The van der Waals surface area contributed by atoms with E-state index in [2.05, 4.69) is 10.3 Å². The van der Waals surface area contributed by atoms with E-state index in [9.17, 15) is 9.59 Å². The van der Waals surface area contributed by atoms with E-state index < -0.39 is 5.97 Å². The molecule has 1 amide bonds. The van der Waals surface area contributed by atoms with Crippen LogP contribution < -0.4 is 5.32 Å². The molecule has 0 unspecified atom stereocenters. The predicted molar refractivity (Wildman–Crippen MR) is 55.0 cm³/mol. The van der Waals surface area contributed by atoms with Gasteiger partial charge in [0.25, 0.3) is 0 Å². The van der Waals surface area contributed by atoms with Crippen molar-refractivity contribution < 1.29 is 14.7 Å². The third kappa shape index (κ3) is 2.52. The van der Waals surface area contributed by atoms with Crippen LogP contribution in [0.3, 0.4) is 0 Å². The molecule has 1 aromatic rings. The molecule has 0 saturated carbocycles. The van der Waals surface area contributed by atoms with E-state index in [1.54, 1.807) is 13.8 Å². The van der Waals surface area contributed by atoms with E-state index in [1.807, 2.05) is 0 Å². The third-order valence-corrected chi connectivity index (χ3v) is 1.93. The summed E-state index contributed by atoms with van der Waals surface area (Å²) in [7, 11) is 0. The van der Waals surface area contributed by atoms with Crippen LogP contribution in [0.15, 0.2) is 6.07 Å². The summed E-state index contributed by atoms with van der Waals surface area (Å²) >= 11 is 0. The lowest BCUT2D eigenvalue weighted by Gasteiger charge is -2.08. The number of carboxylic acids is 1. The van der Waals surface area contributed by atoms with Crippen molar-refractivity contribution in [2.24, 2.45) is 0 Å². The van der Waals surface area contributed by atoms with Gasteiger partial charge in [0.05, 0.1) is 11.3 Å². The van der Waals surface area contributed by atoms with Crippen LogP contribution in [-0.2, 0) is 4.79 Å². The van der Waals surface area contributed by atoms with Crippen molar-refractivity contribution in [1.82, 2.24) is 4.98 Å². The van der Waals surface area contributed by atoms with Gasteiger partial charge in [0.2, 0.25) is 5.91 Å². The third-order valence-electron chi connectivity index (χ3n) is 1.93. The molecular formula is C10H12N2O3. The number of pyridine rings is 1. The number of carbonyl (C=O) groups excluding carboxylic acids is 1. The van der Waals surface area contributed by atoms with Gasteiger partial charge in [0.15, 0.2) is 0 Å². The first-order valence-corrected chi connectivity index (χ1v) is 4.41. The van der Waals surface area contributed by atoms with Crippen molar-refractivity contribution in [3.05, 3.63) is 22.9 Å². The van der Waals surface area contributed by atoms with Gasteiger partial charge < -0.3 is 10.4 Å². The quantitative estimate of drug-likeness (QED) is 0.768. The second-order valence-electron chi connectivity index (χ2n) is 3.27. The van der Waals surface area contributed by atoms with Gasteiger partial charge in [0, 0.05) is 6.92 Å². The summed E-state index contributed by atoms with van der Waals surface area (Å²) in [4.78, 5) is 25.6. The fourth-order valence-electron chi connectivity index (χ4n) is 1.22. The smallest absolute Gasteiger partial charge is 0.337 e. The Hall–Kier alpha value is -1.91. The van der Waals surface area contributed by atoms with Gasteiger partial charge in [-0.05, 0) is 25.5 Å². The highest BCUT2D eigenvalue weighted by Gasteiger charge is 2.12. The van der Waals surface area contributed by atoms with Crippen LogP contribution in [0, 0.1) is 13.8 Å². The predicted octanol–water partition coefficient (Wildman–Crippen LogP) is 1.36. The molecule has 1 aromatic heterocycles. The molecule has 5 heteroatoms. The van der Waals surface area contributed by atoms with E-state index in [0.717, 1.165) is 0 Å². The van der Waals surface area contributed by atoms with Gasteiger partial charge in [-0.15, -0.1) is 0 Å². The number of carbonyl (C=O) groups is 2. The highest BCUT2D eigenvalue weighted by atomic mass is 16.4. The number of aryl methyl sites for hydroxylation is 2. The lowest BCUT2D eigenvalue weighted by atomic mass is 10.1. The van der Waals surface area contributed by atoms with E-state index in [4.69, 9.17) is 5.11 Å². The molecule has 15 heavy (non-hydrogen) atoms. The van der Waals surface area contributed by atoms with Gasteiger partial charge >= 0.3 is 5.97 Å². The number of nitrogens with zero attached hydrogens (tertiary/aromatic N) is 1. The molecule has 5 nitrogen and oxygen atoms in total. The molecule has 0 aliphatic rings. The number of rotatable bonds is 2.